The number of hydrogen-bond donors (Lipinski definition) is 0. The molecule has 2 heterocycles. The lowest BCUT2D eigenvalue weighted by atomic mass is 10.2. The van der Waals surface area contributed by atoms with Gasteiger partial charge in [0.2, 0.25) is 5.88 Å². The number of benzene rings is 2. The number of ether oxygens (including phenoxy) is 1. The minimum atomic E-state index is 0.502. The van der Waals surface area contributed by atoms with Crippen LogP contribution in [0.3, 0.4) is 0 Å². The summed E-state index contributed by atoms with van der Waals surface area (Å²) in [7, 11) is 0. The van der Waals surface area contributed by atoms with E-state index in [1.807, 2.05) is 55.5 Å². The van der Waals surface area contributed by atoms with E-state index in [0.29, 0.717) is 5.88 Å². The van der Waals surface area contributed by atoms with Gasteiger partial charge in [0.15, 0.2) is 5.65 Å². The van der Waals surface area contributed by atoms with Crippen LogP contribution in [0.4, 0.5) is 0 Å². The smallest absolute Gasteiger partial charge is 0.233 e. The standard InChI is InChI=1S/C19H16N4O/c1-13-3-7-15(8-4-13)23-18-17(11-22-23)19(21-12-20-18)24-16-9-5-14(2)6-10-16/h3-12H,1-2H3. The molecule has 0 aliphatic carbocycles. The van der Waals surface area contributed by atoms with Crippen LogP contribution in [-0.2, 0) is 0 Å². The molecule has 5 heteroatoms. The van der Waals surface area contributed by atoms with Crippen molar-refractivity contribution in [2.24, 2.45) is 0 Å². The van der Waals surface area contributed by atoms with Crippen LogP contribution in [0.15, 0.2) is 61.1 Å². The normalized spacial score (nSPS) is 10.9. The van der Waals surface area contributed by atoms with Crippen molar-refractivity contribution in [2.45, 2.75) is 13.8 Å². The summed E-state index contributed by atoms with van der Waals surface area (Å²) >= 11 is 0. The number of fused-ring (bicyclic) bond motifs is 1. The van der Waals surface area contributed by atoms with Crippen LogP contribution in [0.1, 0.15) is 11.1 Å². The van der Waals surface area contributed by atoms with E-state index in [4.69, 9.17) is 4.74 Å². The predicted molar refractivity (Wildman–Crippen MR) is 92.7 cm³/mol. The van der Waals surface area contributed by atoms with Crippen molar-refractivity contribution in [3.63, 3.8) is 0 Å². The molecule has 2 aromatic heterocycles. The zero-order chi connectivity index (χ0) is 16.5. The molecule has 0 spiro atoms. The van der Waals surface area contributed by atoms with E-state index >= 15 is 0 Å². The summed E-state index contributed by atoms with van der Waals surface area (Å²) in [5, 5.41) is 5.22. The summed E-state index contributed by atoms with van der Waals surface area (Å²) in [6, 6.07) is 16.0. The Morgan fingerprint density at radius 1 is 0.833 bits per heavy atom. The first-order valence-corrected chi connectivity index (χ1v) is 7.71. The fraction of sp³-hybridized carbons (Fsp3) is 0.105. The van der Waals surface area contributed by atoms with Gasteiger partial charge in [-0.2, -0.15) is 5.10 Å². The molecule has 0 N–H and O–H groups in total. The maximum atomic E-state index is 5.91. The average molecular weight is 316 g/mol. The molecule has 0 fully saturated rings. The van der Waals surface area contributed by atoms with E-state index in [9.17, 15) is 0 Å². The summed E-state index contributed by atoms with van der Waals surface area (Å²) in [5.74, 6) is 1.24. The lowest BCUT2D eigenvalue weighted by molar-refractivity contribution is 0.468. The molecule has 5 nitrogen and oxygen atoms in total. The third-order valence-corrected chi connectivity index (χ3v) is 3.84. The molecule has 4 rings (SSSR count). The minimum Gasteiger partial charge on any atom is -0.438 e. The molecule has 0 atom stereocenters. The number of aromatic nitrogens is 4. The molecule has 0 radical (unpaired) electrons. The van der Waals surface area contributed by atoms with Crippen LogP contribution in [0.5, 0.6) is 11.6 Å². The molecular formula is C19H16N4O. The predicted octanol–water partition coefficient (Wildman–Crippen LogP) is 4.22. The summed E-state index contributed by atoms with van der Waals surface area (Å²) in [5.41, 5.74) is 4.06. The van der Waals surface area contributed by atoms with Gasteiger partial charge in [-0.05, 0) is 38.1 Å². The zero-order valence-corrected chi connectivity index (χ0v) is 13.5. The molecule has 0 bridgehead atoms. The van der Waals surface area contributed by atoms with Crippen LogP contribution >= 0.6 is 0 Å². The Hall–Kier alpha value is -3.21. The maximum Gasteiger partial charge on any atom is 0.233 e. The van der Waals surface area contributed by atoms with Gasteiger partial charge in [-0.15, -0.1) is 0 Å². The number of aryl methyl sites for hydroxylation is 2. The van der Waals surface area contributed by atoms with Crippen molar-refractivity contribution >= 4 is 11.0 Å². The molecule has 4 aromatic rings. The van der Waals surface area contributed by atoms with Crippen LogP contribution in [0.2, 0.25) is 0 Å². The van der Waals surface area contributed by atoms with Gasteiger partial charge in [0.1, 0.15) is 17.5 Å². The van der Waals surface area contributed by atoms with Crippen molar-refractivity contribution in [3.8, 4) is 17.3 Å². The van der Waals surface area contributed by atoms with Crippen molar-refractivity contribution in [1.29, 1.82) is 0 Å². The van der Waals surface area contributed by atoms with Gasteiger partial charge in [0, 0.05) is 0 Å². The van der Waals surface area contributed by atoms with Crippen molar-refractivity contribution in [3.05, 3.63) is 72.2 Å². The molecule has 0 amide bonds. The van der Waals surface area contributed by atoms with Crippen LogP contribution < -0.4 is 4.74 Å². The van der Waals surface area contributed by atoms with E-state index in [2.05, 4.69) is 22.0 Å². The average Bonchev–Trinajstić information content (AvgIpc) is 3.03. The highest BCUT2D eigenvalue weighted by Gasteiger charge is 2.12. The zero-order valence-electron chi connectivity index (χ0n) is 13.5. The number of nitrogens with zero attached hydrogens (tertiary/aromatic N) is 4. The van der Waals surface area contributed by atoms with Gasteiger partial charge >= 0.3 is 0 Å². The first-order valence-electron chi connectivity index (χ1n) is 7.71. The number of hydrogen-bond acceptors (Lipinski definition) is 4. The Labute approximate surface area is 139 Å². The van der Waals surface area contributed by atoms with Gasteiger partial charge < -0.3 is 4.74 Å². The molecule has 0 aliphatic rings. The van der Waals surface area contributed by atoms with Gasteiger partial charge in [-0.3, -0.25) is 0 Å². The molecular weight excluding hydrogens is 300 g/mol. The summed E-state index contributed by atoms with van der Waals surface area (Å²) in [6.45, 7) is 4.10. The highest BCUT2D eigenvalue weighted by Crippen LogP contribution is 2.27. The van der Waals surface area contributed by atoms with E-state index in [0.717, 1.165) is 22.5 Å². The second-order valence-electron chi connectivity index (χ2n) is 5.72. The van der Waals surface area contributed by atoms with Gasteiger partial charge in [-0.1, -0.05) is 35.4 Å². The lowest BCUT2D eigenvalue weighted by Crippen LogP contribution is -1.98. The molecule has 0 unspecified atom stereocenters. The first-order chi connectivity index (χ1) is 11.7. The third-order valence-electron chi connectivity index (χ3n) is 3.84. The number of rotatable bonds is 3. The Balaban J connectivity index is 1.76. The Bertz CT molecular complexity index is 988. The third kappa shape index (κ3) is 2.60. The Kier molecular flexibility index (Phi) is 3.46. The monoisotopic (exact) mass is 316 g/mol. The quantitative estimate of drug-likeness (QED) is 0.568. The van der Waals surface area contributed by atoms with Crippen molar-refractivity contribution in [1.82, 2.24) is 19.7 Å². The van der Waals surface area contributed by atoms with Crippen LogP contribution in [-0.4, -0.2) is 19.7 Å². The molecule has 0 saturated carbocycles. The molecule has 2 aromatic carbocycles. The summed E-state index contributed by atoms with van der Waals surface area (Å²) < 4.78 is 7.70. The van der Waals surface area contributed by atoms with E-state index in [1.165, 1.54) is 17.5 Å². The van der Waals surface area contributed by atoms with Crippen molar-refractivity contribution in [2.75, 3.05) is 0 Å². The summed E-state index contributed by atoms with van der Waals surface area (Å²) in [6.07, 6.45) is 3.23. The van der Waals surface area contributed by atoms with E-state index in [-0.39, 0.29) is 0 Å². The lowest BCUT2D eigenvalue weighted by Gasteiger charge is -2.06. The second kappa shape index (κ2) is 5.77. The van der Waals surface area contributed by atoms with Gasteiger partial charge in [0.05, 0.1) is 11.9 Å². The Morgan fingerprint density at radius 2 is 1.50 bits per heavy atom. The molecule has 24 heavy (non-hydrogen) atoms. The fourth-order valence-electron chi connectivity index (χ4n) is 2.50. The fourth-order valence-corrected chi connectivity index (χ4v) is 2.50. The maximum absolute atomic E-state index is 5.91. The van der Waals surface area contributed by atoms with Gasteiger partial charge in [-0.25, -0.2) is 14.6 Å². The topological polar surface area (TPSA) is 52.8 Å². The van der Waals surface area contributed by atoms with Crippen LogP contribution in [0.25, 0.3) is 16.7 Å². The molecule has 118 valence electrons. The Morgan fingerprint density at radius 3 is 2.21 bits per heavy atom. The first kappa shape index (κ1) is 14.4. The largest absolute Gasteiger partial charge is 0.438 e. The van der Waals surface area contributed by atoms with Gasteiger partial charge in [0.25, 0.3) is 0 Å². The minimum absolute atomic E-state index is 0.502. The highest BCUT2D eigenvalue weighted by atomic mass is 16.5. The molecule has 0 aliphatic heterocycles. The van der Waals surface area contributed by atoms with E-state index < -0.39 is 0 Å². The molecule has 0 saturated heterocycles. The SMILES string of the molecule is Cc1ccc(Oc2ncnc3c2cnn3-c2ccc(C)cc2)cc1. The summed E-state index contributed by atoms with van der Waals surface area (Å²) in [4.78, 5) is 8.62. The second-order valence-corrected chi connectivity index (χ2v) is 5.72. The van der Waals surface area contributed by atoms with E-state index in [1.54, 1.807) is 10.9 Å². The highest BCUT2D eigenvalue weighted by molar-refractivity contribution is 5.81. The van der Waals surface area contributed by atoms with Crippen molar-refractivity contribution < 1.29 is 4.74 Å². The van der Waals surface area contributed by atoms with Crippen LogP contribution in [0, 0.1) is 13.8 Å².